The Morgan fingerprint density at radius 3 is 2.41 bits per heavy atom. The van der Waals surface area contributed by atoms with Crippen LogP contribution in [-0.2, 0) is 17.8 Å². The second-order valence-electron chi connectivity index (χ2n) is 8.03. The lowest BCUT2D eigenvalue weighted by Crippen LogP contribution is -2.49. The fraction of sp³-hybridized carbons (Fsp3) is 0.458. The number of hydrogen-bond donors (Lipinski definition) is 1. The van der Waals surface area contributed by atoms with Gasteiger partial charge in [-0.05, 0) is 41.8 Å². The quantitative estimate of drug-likeness (QED) is 0.637. The van der Waals surface area contributed by atoms with E-state index < -0.39 is 0 Å². The van der Waals surface area contributed by atoms with E-state index in [0.29, 0.717) is 31.4 Å². The van der Waals surface area contributed by atoms with Gasteiger partial charge in [0.1, 0.15) is 0 Å². The van der Waals surface area contributed by atoms with Gasteiger partial charge in [-0.3, -0.25) is 14.6 Å². The molecular formula is C24H31N3O5. The molecule has 1 amide bonds. The summed E-state index contributed by atoms with van der Waals surface area (Å²) in [4.78, 5) is 17.0. The Bertz CT molecular complexity index is 928. The minimum absolute atomic E-state index is 0.0645. The zero-order valence-corrected chi connectivity index (χ0v) is 18.8. The molecule has 2 heterocycles. The van der Waals surface area contributed by atoms with Crippen LogP contribution in [0.15, 0.2) is 36.4 Å². The van der Waals surface area contributed by atoms with Crippen molar-refractivity contribution in [1.29, 1.82) is 0 Å². The lowest BCUT2D eigenvalue weighted by Gasteiger charge is -2.34. The summed E-state index contributed by atoms with van der Waals surface area (Å²) in [5.74, 6) is 3.11. The lowest BCUT2D eigenvalue weighted by molar-refractivity contribution is -0.122. The first-order valence-electron chi connectivity index (χ1n) is 11.0. The van der Waals surface area contributed by atoms with Crippen LogP contribution in [0.5, 0.6) is 23.0 Å². The van der Waals surface area contributed by atoms with Gasteiger partial charge in [0.05, 0.1) is 20.8 Å². The van der Waals surface area contributed by atoms with Crippen LogP contribution >= 0.6 is 0 Å². The van der Waals surface area contributed by atoms with Gasteiger partial charge in [-0.2, -0.15) is 0 Å². The number of nitrogens with zero attached hydrogens (tertiary/aromatic N) is 2. The standard InChI is InChI=1S/C24H31N3O5/c1-29-20-5-3-18(13-22(20)30-2)7-8-25-24(28)16-27-11-9-26(10-12-27)15-19-4-6-21-23(14-19)32-17-31-21/h3-6,13-14H,7-12,15-17H2,1-2H3,(H,25,28). The Morgan fingerprint density at radius 2 is 1.62 bits per heavy atom. The molecule has 1 saturated heterocycles. The SMILES string of the molecule is COc1ccc(CCNC(=O)CN2CCN(Cc3ccc4c(c3)OCO4)CC2)cc1OC. The van der Waals surface area contributed by atoms with Gasteiger partial charge < -0.3 is 24.3 Å². The van der Waals surface area contributed by atoms with Crippen molar-refractivity contribution in [3.63, 3.8) is 0 Å². The van der Waals surface area contributed by atoms with Gasteiger partial charge in [0.15, 0.2) is 23.0 Å². The maximum Gasteiger partial charge on any atom is 0.234 e. The van der Waals surface area contributed by atoms with E-state index in [1.807, 2.05) is 24.3 Å². The minimum Gasteiger partial charge on any atom is -0.493 e. The first-order chi connectivity index (χ1) is 15.6. The fourth-order valence-corrected chi connectivity index (χ4v) is 4.04. The fourth-order valence-electron chi connectivity index (χ4n) is 4.04. The number of hydrogen-bond acceptors (Lipinski definition) is 7. The average Bonchev–Trinajstić information content (AvgIpc) is 3.28. The summed E-state index contributed by atoms with van der Waals surface area (Å²) in [6.45, 7) is 5.85. The number of ether oxygens (including phenoxy) is 4. The number of fused-ring (bicyclic) bond motifs is 1. The second-order valence-corrected chi connectivity index (χ2v) is 8.03. The molecule has 8 heteroatoms. The van der Waals surface area contributed by atoms with Crippen molar-refractivity contribution in [2.75, 3.05) is 60.3 Å². The Hall–Kier alpha value is -2.97. The Balaban J connectivity index is 1.15. The predicted octanol–water partition coefficient (Wildman–Crippen LogP) is 1.91. The number of piperazine rings is 1. The summed E-state index contributed by atoms with van der Waals surface area (Å²) in [7, 11) is 3.24. The highest BCUT2D eigenvalue weighted by molar-refractivity contribution is 5.78. The van der Waals surface area contributed by atoms with Crippen molar-refractivity contribution >= 4 is 5.91 Å². The number of amides is 1. The summed E-state index contributed by atoms with van der Waals surface area (Å²) in [5, 5.41) is 3.03. The van der Waals surface area contributed by atoms with Gasteiger partial charge >= 0.3 is 0 Å². The molecule has 2 aliphatic rings. The molecule has 0 bridgehead atoms. The van der Waals surface area contributed by atoms with E-state index in [1.54, 1.807) is 14.2 Å². The number of methoxy groups -OCH3 is 2. The van der Waals surface area contributed by atoms with Crippen LogP contribution in [0.2, 0.25) is 0 Å². The van der Waals surface area contributed by atoms with Gasteiger partial charge in [-0.15, -0.1) is 0 Å². The third-order valence-electron chi connectivity index (χ3n) is 5.86. The van der Waals surface area contributed by atoms with Gasteiger partial charge in [0.2, 0.25) is 12.7 Å². The summed E-state index contributed by atoms with van der Waals surface area (Å²) in [6.07, 6.45) is 0.745. The molecule has 0 radical (unpaired) electrons. The number of carbonyl (C=O) groups excluding carboxylic acids is 1. The third-order valence-corrected chi connectivity index (χ3v) is 5.86. The van der Waals surface area contributed by atoms with Crippen molar-refractivity contribution in [3.8, 4) is 23.0 Å². The monoisotopic (exact) mass is 441 g/mol. The summed E-state index contributed by atoms with van der Waals surface area (Å²) < 4.78 is 21.4. The van der Waals surface area contributed by atoms with Gasteiger partial charge in [0.25, 0.3) is 0 Å². The Kier molecular flexibility index (Phi) is 7.34. The molecule has 172 valence electrons. The molecule has 0 atom stereocenters. The highest BCUT2D eigenvalue weighted by Crippen LogP contribution is 2.33. The highest BCUT2D eigenvalue weighted by atomic mass is 16.7. The molecule has 2 aromatic carbocycles. The number of carbonyl (C=O) groups is 1. The molecular weight excluding hydrogens is 410 g/mol. The molecule has 1 N–H and O–H groups in total. The Labute approximate surface area is 189 Å². The molecule has 0 aromatic heterocycles. The molecule has 1 fully saturated rings. The molecule has 2 aliphatic heterocycles. The van der Waals surface area contributed by atoms with Crippen LogP contribution in [0.4, 0.5) is 0 Å². The normalized spacial score (nSPS) is 16.1. The van der Waals surface area contributed by atoms with Crippen molar-refractivity contribution in [1.82, 2.24) is 15.1 Å². The summed E-state index contributed by atoms with van der Waals surface area (Å²) >= 11 is 0. The molecule has 4 rings (SSSR count). The smallest absolute Gasteiger partial charge is 0.234 e. The van der Waals surface area contributed by atoms with Crippen molar-refractivity contribution in [2.24, 2.45) is 0 Å². The minimum atomic E-state index is 0.0645. The van der Waals surface area contributed by atoms with Crippen molar-refractivity contribution in [3.05, 3.63) is 47.5 Å². The predicted molar refractivity (Wildman–Crippen MR) is 121 cm³/mol. The maximum atomic E-state index is 12.4. The van der Waals surface area contributed by atoms with Crippen LogP contribution < -0.4 is 24.3 Å². The first kappa shape index (κ1) is 22.2. The number of rotatable bonds is 9. The maximum absolute atomic E-state index is 12.4. The zero-order valence-electron chi connectivity index (χ0n) is 18.8. The van der Waals surface area contributed by atoms with E-state index >= 15 is 0 Å². The second kappa shape index (κ2) is 10.6. The van der Waals surface area contributed by atoms with Gasteiger partial charge in [-0.1, -0.05) is 12.1 Å². The largest absolute Gasteiger partial charge is 0.493 e. The molecule has 0 saturated carbocycles. The molecule has 0 aliphatic carbocycles. The first-order valence-corrected chi connectivity index (χ1v) is 11.0. The lowest BCUT2D eigenvalue weighted by atomic mass is 10.1. The zero-order chi connectivity index (χ0) is 22.3. The van der Waals surface area contributed by atoms with Crippen LogP contribution in [0.3, 0.4) is 0 Å². The van der Waals surface area contributed by atoms with Gasteiger partial charge in [0, 0.05) is 39.3 Å². The van der Waals surface area contributed by atoms with E-state index in [-0.39, 0.29) is 5.91 Å². The van der Waals surface area contributed by atoms with Crippen LogP contribution in [0, 0.1) is 0 Å². The summed E-state index contributed by atoms with van der Waals surface area (Å²) in [5.41, 5.74) is 2.32. The van der Waals surface area contributed by atoms with Crippen LogP contribution in [0.1, 0.15) is 11.1 Å². The van der Waals surface area contributed by atoms with E-state index in [2.05, 4.69) is 27.2 Å². The van der Waals surface area contributed by atoms with E-state index in [4.69, 9.17) is 18.9 Å². The number of nitrogens with one attached hydrogen (secondary N) is 1. The Morgan fingerprint density at radius 1 is 0.906 bits per heavy atom. The summed E-state index contributed by atoms with van der Waals surface area (Å²) in [6, 6.07) is 11.9. The van der Waals surface area contributed by atoms with E-state index in [0.717, 1.165) is 56.2 Å². The highest BCUT2D eigenvalue weighted by Gasteiger charge is 2.20. The van der Waals surface area contributed by atoms with Crippen LogP contribution in [-0.4, -0.2) is 76.0 Å². The average molecular weight is 442 g/mol. The topological polar surface area (TPSA) is 72.5 Å². The van der Waals surface area contributed by atoms with Crippen molar-refractivity contribution < 1.29 is 23.7 Å². The third kappa shape index (κ3) is 5.63. The molecule has 32 heavy (non-hydrogen) atoms. The van der Waals surface area contributed by atoms with Crippen molar-refractivity contribution in [2.45, 2.75) is 13.0 Å². The molecule has 8 nitrogen and oxygen atoms in total. The molecule has 2 aromatic rings. The number of benzene rings is 2. The van der Waals surface area contributed by atoms with Gasteiger partial charge in [-0.25, -0.2) is 0 Å². The van der Waals surface area contributed by atoms with Crippen LogP contribution in [0.25, 0.3) is 0 Å². The molecule has 0 spiro atoms. The molecule has 0 unspecified atom stereocenters. The van der Waals surface area contributed by atoms with E-state index in [1.165, 1.54) is 5.56 Å². The van der Waals surface area contributed by atoms with E-state index in [9.17, 15) is 4.79 Å².